The van der Waals surface area contributed by atoms with Crippen LogP contribution in [0.5, 0.6) is 5.75 Å². The normalized spacial score (nSPS) is 12.3. The van der Waals surface area contributed by atoms with Crippen molar-refractivity contribution in [2.24, 2.45) is 0 Å². The molecule has 8 heteroatoms. The van der Waals surface area contributed by atoms with Crippen molar-refractivity contribution in [3.63, 3.8) is 0 Å². The Kier molecular flexibility index (Phi) is 7.93. The second-order valence-corrected chi connectivity index (χ2v) is 9.14. The van der Waals surface area contributed by atoms with Gasteiger partial charge in [0.05, 0.1) is 18.5 Å². The number of rotatable bonds is 9. The molecule has 6 nitrogen and oxygen atoms in total. The van der Waals surface area contributed by atoms with Crippen molar-refractivity contribution in [2.45, 2.75) is 33.2 Å². The lowest BCUT2D eigenvalue weighted by molar-refractivity contribution is -0.122. The maximum absolute atomic E-state index is 12.7. The van der Waals surface area contributed by atoms with Crippen LogP contribution in [0.1, 0.15) is 24.5 Å². The summed E-state index contributed by atoms with van der Waals surface area (Å²) >= 11 is 5.90. The van der Waals surface area contributed by atoms with E-state index in [4.69, 9.17) is 16.3 Å². The van der Waals surface area contributed by atoms with Gasteiger partial charge in [0, 0.05) is 5.02 Å². The first-order valence-electron chi connectivity index (χ1n) is 9.36. The third-order valence-electron chi connectivity index (χ3n) is 4.56. The molecule has 0 unspecified atom stereocenters. The van der Waals surface area contributed by atoms with Crippen molar-refractivity contribution in [2.75, 3.05) is 23.7 Å². The molecule has 29 heavy (non-hydrogen) atoms. The Morgan fingerprint density at radius 2 is 1.79 bits per heavy atom. The number of hydrogen-bond donors (Lipinski definition) is 1. The number of carbonyl (C=O) groups is 1. The molecule has 0 aliphatic heterocycles. The number of aryl methyl sites for hydroxylation is 2. The molecule has 0 fully saturated rings. The molecule has 1 N–H and O–H groups in total. The predicted molar refractivity (Wildman–Crippen MR) is 117 cm³/mol. The summed E-state index contributed by atoms with van der Waals surface area (Å²) < 4.78 is 31.6. The van der Waals surface area contributed by atoms with Crippen LogP contribution in [-0.2, 0) is 14.8 Å². The molecule has 0 aliphatic rings. The van der Waals surface area contributed by atoms with Crippen LogP contribution in [0.2, 0.25) is 5.02 Å². The topological polar surface area (TPSA) is 75.7 Å². The summed E-state index contributed by atoms with van der Waals surface area (Å²) in [6, 6.07) is 11.3. The first-order valence-corrected chi connectivity index (χ1v) is 11.6. The molecule has 2 aromatic rings. The lowest BCUT2D eigenvalue weighted by Crippen LogP contribution is -2.50. The zero-order valence-electron chi connectivity index (χ0n) is 17.1. The Labute approximate surface area is 177 Å². The van der Waals surface area contributed by atoms with Gasteiger partial charge in [0.1, 0.15) is 18.4 Å². The van der Waals surface area contributed by atoms with Gasteiger partial charge < -0.3 is 10.1 Å². The van der Waals surface area contributed by atoms with Crippen LogP contribution in [0.4, 0.5) is 5.69 Å². The average molecular weight is 439 g/mol. The van der Waals surface area contributed by atoms with Crippen LogP contribution in [0, 0.1) is 13.8 Å². The fourth-order valence-electron chi connectivity index (χ4n) is 2.91. The van der Waals surface area contributed by atoms with E-state index in [1.54, 1.807) is 31.2 Å². The quantitative estimate of drug-likeness (QED) is 0.606. The molecule has 0 heterocycles. The van der Waals surface area contributed by atoms with Crippen molar-refractivity contribution in [1.82, 2.24) is 5.32 Å². The van der Waals surface area contributed by atoms with Gasteiger partial charge in [0.25, 0.3) is 0 Å². The van der Waals surface area contributed by atoms with Gasteiger partial charge in [-0.15, -0.1) is 0 Å². The highest BCUT2D eigenvalue weighted by Crippen LogP contribution is 2.24. The molecule has 1 amide bonds. The minimum absolute atomic E-state index is 0.264. The number of halogens is 1. The number of nitrogens with one attached hydrogen (secondary N) is 1. The molecule has 0 saturated carbocycles. The first-order chi connectivity index (χ1) is 13.6. The predicted octanol–water partition coefficient (Wildman–Crippen LogP) is 3.70. The van der Waals surface area contributed by atoms with Crippen molar-refractivity contribution in [3.8, 4) is 5.75 Å². The van der Waals surface area contributed by atoms with Gasteiger partial charge in [0.2, 0.25) is 15.9 Å². The molecule has 0 aromatic heterocycles. The maximum atomic E-state index is 12.7. The van der Waals surface area contributed by atoms with Crippen LogP contribution in [-0.4, -0.2) is 39.8 Å². The Balaban J connectivity index is 2.03. The van der Waals surface area contributed by atoms with E-state index in [0.29, 0.717) is 17.1 Å². The number of ether oxygens (including phenoxy) is 1. The molecule has 2 aromatic carbocycles. The van der Waals surface area contributed by atoms with Crippen LogP contribution in [0.15, 0.2) is 42.5 Å². The van der Waals surface area contributed by atoms with Crippen LogP contribution >= 0.6 is 11.6 Å². The van der Waals surface area contributed by atoms with Crippen LogP contribution in [0.3, 0.4) is 0 Å². The summed E-state index contributed by atoms with van der Waals surface area (Å²) in [5.74, 6) is 0.352. The number of sulfonamides is 1. The highest BCUT2D eigenvalue weighted by atomic mass is 35.5. The minimum Gasteiger partial charge on any atom is -0.492 e. The van der Waals surface area contributed by atoms with Gasteiger partial charge in [-0.1, -0.05) is 24.6 Å². The van der Waals surface area contributed by atoms with Crippen molar-refractivity contribution < 1.29 is 17.9 Å². The molecule has 1 atom stereocenters. The standard InChI is InChI=1S/C21H27ClN2O4S/c1-5-20(24(29(4,26)27)18-9-7-17(22)8-10-18)21(25)23-12-13-28-19-11-6-15(2)16(3)14-19/h6-11,14,20H,5,12-13H2,1-4H3,(H,23,25)/t20-/m0/s1. The van der Waals surface area contributed by atoms with Crippen LogP contribution in [0.25, 0.3) is 0 Å². The van der Waals surface area contributed by atoms with Crippen LogP contribution < -0.4 is 14.4 Å². The van der Waals surface area contributed by atoms with E-state index in [9.17, 15) is 13.2 Å². The summed E-state index contributed by atoms with van der Waals surface area (Å²) in [6.45, 7) is 6.35. The second kappa shape index (κ2) is 9.98. The number of hydrogen-bond acceptors (Lipinski definition) is 4. The third kappa shape index (κ3) is 6.37. The van der Waals surface area contributed by atoms with Gasteiger partial charge in [-0.3, -0.25) is 9.10 Å². The maximum Gasteiger partial charge on any atom is 0.244 e. The summed E-state index contributed by atoms with van der Waals surface area (Å²) in [5.41, 5.74) is 2.70. The number of anilines is 1. The summed E-state index contributed by atoms with van der Waals surface area (Å²) in [5, 5.41) is 3.26. The molecule has 2 rings (SSSR count). The number of carbonyl (C=O) groups excluding carboxylic acids is 1. The number of nitrogens with zero attached hydrogens (tertiary/aromatic N) is 1. The van der Waals surface area contributed by atoms with Gasteiger partial charge in [-0.25, -0.2) is 8.42 Å². The summed E-state index contributed by atoms with van der Waals surface area (Å²) in [4.78, 5) is 12.7. The minimum atomic E-state index is -3.67. The average Bonchev–Trinajstić information content (AvgIpc) is 2.66. The van der Waals surface area contributed by atoms with E-state index >= 15 is 0 Å². The van der Waals surface area contributed by atoms with Gasteiger partial charge in [-0.2, -0.15) is 0 Å². The fourth-order valence-corrected chi connectivity index (χ4v) is 4.25. The first kappa shape index (κ1) is 23.0. The van der Waals surface area contributed by atoms with E-state index in [2.05, 4.69) is 5.32 Å². The zero-order chi connectivity index (χ0) is 21.6. The fraction of sp³-hybridized carbons (Fsp3) is 0.381. The Bertz CT molecular complexity index is 946. The SMILES string of the molecule is CC[C@@H](C(=O)NCCOc1ccc(C)c(C)c1)N(c1ccc(Cl)cc1)S(C)(=O)=O. The molecule has 0 saturated heterocycles. The Morgan fingerprint density at radius 1 is 1.14 bits per heavy atom. The largest absolute Gasteiger partial charge is 0.492 e. The van der Waals surface area contributed by atoms with Crippen molar-refractivity contribution in [1.29, 1.82) is 0 Å². The van der Waals surface area contributed by atoms with E-state index < -0.39 is 16.1 Å². The second-order valence-electron chi connectivity index (χ2n) is 6.84. The van der Waals surface area contributed by atoms with Gasteiger partial charge >= 0.3 is 0 Å². The Hall–Kier alpha value is -2.25. The van der Waals surface area contributed by atoms with E-state index in [1.807, 2.05) is 32.0 Å². The lowest BCUT2D eigenvalue weighted by atomic mass is 10.1. The molecular formula is C21H27ClN2O4S. The summed E-state index contributed by atoms with van der Waals surface area (Å²) in [6.07, 6.45) is 1.40. The monoisotopic (exact) mass is 438 g/mol. The molecule has 158 valence electrons. The van der Waals surface area contributed by atoms with Crippen molar-refractivity contribution >= 4 is 33.2 Å². The molecule has 0 radical (unpaired) electrons. The van der Waals surface area contributed by atoms with E-state index in [-0.39, 0.29) is 19.1 Å². The van der Waals surface area contributed by atoms with E-state index in [1.165, 1.54) is 5.56 Å². The highest BCUT2D eigenvalue weighted by molar-refractivity contribution is 7.92. The van der Waals surface area contributed by atoms with Gasteiger partial charge in [-0.05, 0) is 67.8 Å². The number of benzene rings is 2. The molecule has 0 bridgehead atoms. The smallest absolute Gasteiger partial charge is 0.244 e. The molecule has 0 aliphatic carbocycles. The van der Waals surface area contributed by atoms with E-state index in [0.717, 1.165) is 21.9 Å². The lowest BCUT2D eigenvalue weighted by Gasteiger charge is -2.30. The third-order valence-corrected chi connectivity index (χ3v) is 5.99. The highest BCUT2D eigenvalue weighted by Gasteiger charge is 2.31. The van der Waals surface area contributed by atoms with Crippen molar-refractivity contribution in [3.05, 3.63) is 58.6 Å². The molecule has 0 spiro atoms. The molecular weight excluding hydrogens is 412 g/mol. The zero-order valence-corrected chi connectivity index (χ0v) is 18.7. The number of amides is 1. The Morgan fingerprint density at radius 3 is 2.34 bits per heavy atom. The van der Waals surface area contributed by atoms with Gasteiger partial charge in [0.15, 0.2) is 0 Å². The summed E-state index contributed by atoms with van der Waals surface area (Å²) in [7, 11) is -3.67.